The zero-order chi connectivity index (χ0) is 12.1. The van der Waals surface area contributed by atoms with Crippen LogP contribution in [0.5, 0.6) is 0 Å². The Morgan fingerprint density at radius 1 is 1.31 bits per heavy atom. The molecule has 0 aliphatic rings. The normalized spacial score (nSPS) is 13.6. The minimum absolute atomic E-state index is 0.183. The zero-order valence-corrected chi connectivity index (χ0v) is 9.02. The fourth-order valence-electron chi connectivity index (χ4n) is 1.25. The van der Waals surface area contributed by atoms with Crippen molar-refractivity contribution in [2.75, 3.05) is 0 Å². The maximum atomic E-state index is 9.70. The molecule has 0 spiro atoms. The number of nitrogens with zero attached hydrogens (tertiary/aromatic N) is 2. The average molecular weight is 237 g/mol. The van der Waals surface area contributed by atoms with Crippen LogP contribution < -0.4 is 0 Å². The van der Waals surface area contributed by atoms with E-state index in [4.69, 9.17) is 22.1 Å². The summed E-state index contributed by atoms with van der Waals surface area (Å²) in [5.41, 5.74) is 0.680. The van der Waals surface area contributed by atoms with Crippen LogP contribution in [0.25, 0.3) is 0 Å². The summed E-state index contributed by atoms with van der Waals surface area (Å²) in [5, 5.41) is 36.3. The number of aliphatic hydroxyl groups is 2. The molecular formula is C11H9ClN2O2. The van der Waals surface area contributed by atoms with E-state index in [0.29, 0.717) is 11.1 Å². The first-order chi connectivity index (χ1) is 7.60. The van der Waals surface area contributed by atoms with E-state index in [2.05, 4.69) is 0 Å². The lowest BCUT2D eigenvalue weighted by Crippen LogP contribution is -2.17. The molecule has 1 rings (SSSR count). The lowest BCUT2D eigenvalue weighted by molar-refractivity contribution is 0.0217. The van der Waals surface area contributed by atoms with Gasteiger partial charge in [-0.3, -0.25) is 0 Å². The molecule has 2 unspecified atom stereocenters. The molecule has 5 heteroatoms. The summed E-state index contributed by atoms with van der Waals surface area (Å²) in [5.74, 6) is 0. The molecule has 4 nitrogen and oxygen atoms in total. The molecule has 0 amide bonds. The number of aliphatic hydroxyl groups excluding tert-OH is 2. The van der Waals surface area contributed by atoms with Crippen molar-refractivity contribution in [3.63, 3.8) is 0 Å². The average Bonchev–Trinajstić information content (AvgIpc) is 2.28. The SMILES string of the molecule is N#CCC(O)C(O)c1ccc(C#N)cc1Cl. The smallest absolute Gasteiger partial charge is 0.107 e. The number of hydrogen-bond acceptors (Lipinski definition) is 4. The molecule has 2 N–H and O–H groups in total. The maximum absolute atomic E-state index is 9.70. The van der Waals surface area contributed by atoms with E-state index in [1.54, 1.807) is 6.07 Å². The summed E-state index contributed by atoms with van der Waals surface area (Å²) in [6.07, 6.45) is -2.59. The fraction of sp³-hybridized carbons (Fsp3) is 0.273. The number of rotatable bonds is 3. The van der Waals surface area contributed by atoms with Gasteiger partial charge in [0.1, 0.15) is 6.10 Å². The summed E-state index contributed by atoms with van der Waals surface area (Å²) in [6, 6.07) is 8.02. The van der Waals surface area contributed by atoms with Gasteiger partial charge in [0.15, 0.2) is 0 Å². The van der Waals surface area contributed by atoms with E-state index >= 15 is 0 Å². The third-order valence-corrected chi connectivity index (χ3v) is 2.44. The van der Waals surface area contributed by atoms with E-state index < -0.39 is 12.2 Å². The van der Waals surface area contributed by atoms with Gasteiger partial charge in [0.05, 0.1) is 30.2 Å². The number of halogens is 1. The van der Waals surface area contributed by atoms with Crippen molar-refractivity contribution in [1.82, 2.24) is 0 Å². The Kier molecular flexibility index (Phi) is 4.28. The molecule has 0 bridgehead atoms. The molecule has 0 aliphatic carbocycles. The van der Waals surface area contributed by atoms with Gasteiger partial charge in [-0.1, -0.05) is 17.7 Å². The minimum Gasteiger partial charge on any atom is -0.389 e. The lowest BCUT2D eigenvalue weighted by atomic mass is 10.0. The Balaban J connectivity index is 2.97. The van der Waals surface area contributed by atoms with Crippen molar-refractivity contribution >= 4 is 11.6 Å². The summed E-state index contributed by atoms with van der Waals surface area (Å²) in [7, 11) is 0. The van der Waals surface area contributed by atoms with Crippen LogP contribution in [0.15, 0.2) is 18.2 Å². The molecule has 0 saturated heterocycles. The predicted molar refractivity (Wildman–Crippen MR) is 57.4 cm³/mol. The van der Waals surface area contributed by atoms with Gasteiger partial charge in [0, 0.05) is 10.6 Å². The number of nitriles is 2. The third-order valence-electron chi connectivity index (χ3n) is 2.11. The highest BCUT2D eigenvalue weighted by molar-refractivity contribution is 6.31. The maximum Gasteiger partial charge on any atom is 0.107 e. The van der Waals surface area contributed by atoms with E-state index in [-0.39, 0.29) is 11.4 Å². The van der Waals surface area contributed by atoms with Crippen molar-refractivity contribution in [1.29, 1.82) is 10.5 Å². The van der Waals surface area contributed by atoms with Crippen LogP contribution in [0.1, 0.15) is 23.7 Å². The van der Waals surface area contributed by atoms with Crippen LogP contribution in [0.4, 0.5) is 0 Å². The van der Waals surface area contributed by atoms with Crippen LogP contribution in [0.3, 0.4) is 0 Å². The summed E-state index contributed by atoms with van der Waals surface area (Å²) in [4.78, 5) is 0. The van der Waals surface area contributed by atoms with E-state index in [9.17, 15) is 10.2 Å². The number of hydrogen-bond donors (Lipinski definition) is 2. The van der Waals surface area contributed by atoms with Gasteiger partial charge >= 0.3 is 0 Å². The molecular weight excluding hydrogens is 228 g/mol. The van der Waals surface area contributed by atoms with Crippen molar-refractivity contribution in [2.45, 2.75) is 18.6 Å². The van der Waals surface area contributed by atoms with Gasteiger partial charge in [0.25, 0.3) is 0 Å². The summed E-state index contributed by atoms with van der Waals surface area (Å²) < 4.78 is 0. The fourth-order valence-corrected chi connectivity index (χ4v) is 1.54. The molecule has 0 heterocycles. The first kappa shape index (κ1) is 12.5. The van der Waals surface area contributed by atoms with Gasteiger partial charge < -0.3 is 10.2 Å². The summed E-state index contributed by atoms with van der Waals surface area (Å²) >= 11 is 5.84. The van der Waals surface area contributed by atoms with E-state index in [1.165, 1.54) is 18.2 Å². The van der Waals surface area contributed by atoms with Gasteiger partial charge in [-0.2, -0.15) is 10.5 Å². The molecule has 1 aromatic carbocycles. The molecule has 2 atom stereocenters. The highest BCUT2D eigenvalue weighted by atomic mass is 35.5. The second-order valence-corrected chi connectivity index (χ2v) is 3.63. The highest BCUT2D eigenvalue weighted by Gasteiger charge is 2.20. The second-order valence-electron chi connectivity index (χ2n) is 3.22. The first-order valence-corrected chi connectivity index (χ1v) is 4.90. The minimum atomic E-state index is -1.22. The van der Waals surface area contributed by atoms with Crippen molar-refractivity contribution in [3.8, 4) is 12.1 Å². The largest absolute Gasteiger partial charge is 0.389 e. The second kappa shape index (κ2) is 5.48. The topological polar surface area (TPSA) is 88.0 Å². The van der Waals surface area contributed by atoms with Crippen LogP contribution >= 0.6 is 11.6 Å². The Labute approximate surface area is 97.9 Å². The molecule has 1 aromatic rings. The number of benzene rings is 1. The highest BCUT2D eigenvalue weighted by Crippen LogP contribution is 2.27. The summed E-state index contributed by atoms with van der Waals surface area (Å²) in [6.45, 7) is 0. The molecule has 0 radical (unpaired) electrons. The van der Waals surface area contributed by atoms with Crippen LogP contribution in [-0.2, 0) is 0 Å². The Bertz CT molecular complexity index is 462. The third kappa shape index (κ3) is 2.71. The Morgan fingerprint density at radius 3 is 2.50 bits per heavy atom. The van der Waals surface area contributed by atoms with E-state index in [1.807, 2.05) is 6.07 Å². The molecule has 0 aliphatic heterocycles. The van der Waals surface area contributed by atoms with Crippen molar-refractivity contribution < 1.29 is 10.2 Å². The van der Waals surface area contributed by atoms with E-state index in [0.717, 1.165) is 0 Å². The molecule has 82 valence electrons. The zero-order valence-electron chi connectivity index (χ0n) is 8.26. The molecule has 0 saturated carbocycles. The molecule has 16 heavy (non-hydrogen) atoms. The van der Waals surface area contributed by atoms with Gasteiger partial charge in [-0.05, 0) is 12.1 Å². The van der Waals surface area contributed by atoms with Crippen molar-refractivity contribution in [2.24, 2.45) is 0 Å². The van der Waals surface area contributed by atoms with Crippen LogP contribution in [-0.4, -0.2) is 16.3 Å². The lowest BCUT2D eigenvalue weighted by Gasteiger charge is -2.16. The van der Waals surface area contributed by atoms with Crippen molar-refractivity contribution in [3.05, 3.63) is 34.3 Å². The van der Waals surface area contributed by atoms with Gasteiger partial charge in [-0.15, -0.1) is 0 Å². The first-order valence-electron chi connectivity index (χ1n) is 4.52. The standard InChI is InChI=1S/C11H9ClN2O2/c12-9-5-7(6-14)1-2-8(9)11(16)10(15)3-4-13/h1-2,5,10-11,15-16H,3H2. The van der Waals surface area contributed by atoms with Crippen LogP contribution in [0.2, 0.25) is 5.02 Å². The predicted octanol–water partition coefficient (Wildman–Crippen LogP) is 1.52. The molecule has 0 aromatic heterocycles. The van der Waals surface area contributed by atoms with Gasteiger partial charge in [0.2, 0.25) is 0 Å². The Hall–Kier alpha value is -1.59. The quantitative estimate of drug-likeness (QED) is 0.833. The van der Waals surface area contributed by atoms with Crippen LogP contribution in [0, 0.1) is 22.7 Å². The van der Waals surface area contributed by atoms with Gasteiger partial charge in [-0.25, -0.2) is 0 Å². The monoisotopic (exact) mass is 236 g/mol. The Morgan fingerprint density at radius 2 is 2.00 bits per heavy atom. The molecule has 0 fully saturated rings.